The lowest BCUT2D eigenvalue weighted by Crippen LogP contribution is -2.44. The number of carbonyl (C=O) groups excluding carboxylic acids is 2. The van der Waals surface area contributed by atoms with Gasteiger partial charge < -0.3 is 15.1 Å². The van der Waals surface area contributed by atoms with Gasteiger partial charge in [0.15, 0.2) is 0 Å². The van der Waals surface area contributed by atoms with Gasteiger partial charge in [0.05, 0.1) is 0 Å². The zero-order chi connectivity index (χ0) is 15.2. The summed E-state index contributed by atoms with van der Waals surface area (Å²) in [5.41, 5.74) is 0.454. The standard InChI is InChI=1S/C17H27N3O2/c21-15(13-2-3-13)19-8-1-9-20(11-10-19)16(22)18-12-17(6-7-17)14-4-5-14/h13-14H,1-12H2,(H,18,22). The molecule has 0 spiro atoms. The largest absolute Gasteiger partial charge is 0.341 e. The van der Waals surface area contributed by atoms with E-state index in [-0.39, 0.29) is 11.9 Å². The summed E-state index contributed by atoms with van der Waals surface area (Å²) >= 11 is 0. The van der Waals surface area contributed by atoms with E-state index < -0.39 is 0 Å². The van der Waals surface area contributed by atoms with E-state index >= 15 is 0 Å². The number of rotatable bonds is 4. The Kier molecular flexibility index (Phi) is 3.54. The molecule has 3 saturated carbocycles. The fourth-order valence-corrected chi connectivity index (χ4v) is 3.88. The van der Waals surface area contributed by atoms with Gasteiger partial charge in [-0.25, -0.2) is 4.79 Å². The number of hydrogen-bond donors (Lipinski definition) is 1. The Morgan fingerprint density at radius 1 is 0.955 bits per heavy atom. The summed E-state index contributed by atoms with van der Waals surface area (Å²) in [6.07, 6.45) is 8.32. The van der Waals surface area contributed by atoms with Crippen LogP contribution in [0.15, 0.2) is 0 Å². The predicted molar refractivity (Wildman–Crippen MR) is 83.3 cm³/mol. The van der Waals surface area contributed by atoms with E-state index in [1.807, 2.05) is 9.80 Å². The van der Waals surface area contributed by atoms with E-state index in [1.165, 1.54) is 25.7 Å². The molecule has 1 saturated heterocycles. The second kappa shape index (κ2) is 5.43. The van der Waals surface area contributed by atoms with E-state index in [4.69, 9.17) is 0 Å². The summed E-state index contributed by atoms with van der Waals surface area (Å²) in [6.45, 7) is 3.83. The van der Waals surface area contributed by atoms with Crippen LogP contribution < -0.4 is 5.32 Å². The highest BCUT2D eigenvalue weighted by Gasteiger charge is 2.53. The first-order chi connectivity index (χ1) is 10.7. The average Bonchev–Trinajstić information content (AvgIpc) is 3.42. The van der Waals surface area contributed by atoms with Crippen LogP contribution in [0.25, 0.3) is 0 Å². The summed E-state index contributed by atoms with van der Waals surface area (Å²) in [4.78, 5) is 28.4. The molecule has 0 atom stereocenters. The van der Waals surface area contributed by atoms with Crippen molar-refractivity contribution >= 4 is 11.9 Å². The first-order valence-electron chi connectivity index (χ1n) is 8.99. The van der Waals surface area contributed by atoms with Gasteiger partial charge in [-0.3, -0.25) is 4.79 Å². The van der Waals surface area contributed by atoms with Crippen molar-refractivity contribution < 1.29 is 9.59 Å². The maximum Gasteiger partial charge on any atom is 0.317 e. The van der Waals surface area contributed by atoms with Gasteiger partial charge in [-0.05, 0) is 56.3 Å². The van der Waals surface area contributed by atoms with E-state index in [9.17, 15) is 9.59 Å². The molecule has 0 radical (unpaired) electrons. The van der Waals surface area contributed by atoms with Gasteiger partial charge in [-0.2, -0.15) is 0 Å². The molecule has 5 heteroatoms. The Morgan fingerprint density at radius 2 is 1.64 bits per heavy atom. The minimum Gasteiger partial charge on any atom is -0.341 e. The lowest BCUT2D eigenvalue weighted by Gasteiger charge is -2.24. The normalized spacial score (nSPS) is 27.3. The number of nitrogens with zero attached hydrogens (tertiary/aromatic N) is 2. The molecule has 0 aromatic carbocycles. The van der Waals surface area contributed by atoms with Crippen LogP contribution >= 0.6 is 0 Å². The van der Waals surface area contributed by atoms with Crippen LogP contribution in [0.3, 0.4) is 0 Å². The molecular weight excluding hydrogens is 278 g/mol. The first-order valence-corrected chi connectivity index (χ1v) is 8.99. The molecule has 4 fully saturated rings. The van der Waals surface area contributed by atoms with Crippen molar-refractivity contribution in [1.29, 1.82) is 0 Å². The monoisotopic (exact) mass is 305 g/mol. The van der Waals surface area contributed by atoms with Crippen LogP contribution in [-0.2, 0) is 4.79 Å². The second-order valence-electron chi connectivity index (χ2n) is 7.74. The third-order valence-electron chi connectivity index (χ3n) is 5.95. The quantitative estimate of drug-likeness (QED) is 0.861. The van der Waals surface area contributed by atoms with Crippen LogP contribution in [0.4, 0.5) is 4.79 Å². The first kappa shape index (κ1) is 14.3. The highest BCUT2D eigenvalue weighted by Crippen LogP contribution is 2.60. The highest BCUT2D eigenvalue weighted by atomic mass is 16.2. The van der Waals surface area contributed by atoms with Crippen molar-refractivity contribution in [2.24, 2.45) is 17.3 Å². The number of amides is 3. The van der Waals surface area contributed by atoms with Crippen LogP contribution in [-0.4, -0.2) is 54.5 Å². The smallest absolute Gasteiger partial charge is 0.317 e. The van der Waals surface area contributed by atoms with E-state index in [2.05, 4.69) is 5.32 Å². The van der Waals surface area contributed by atoms with Gasteiger partial charge in [-0.1, -0.05) is 0 Å². The zero-order valence-electron chi connectivity index (χ0n) is 13.4. The Hall–Kier alpha value is -1.26. The molecule has 22 heavy (non-hydrogen) atoms. The second-order valence-corrected chi connectivity index (χ2v) is 7.74. The molecule has 3 amide bonds. The molecule has 0 aromatic rings. The molecule has 4 rings (SSSR count). The Bertz CT molecular complexity index is 467. The summed E-state index contributed by atoms with van der Waals surface area (Å²) in [5, 5.41) is 3.17. The van der Waals surface area contributed by atoms with Crippen LogP contribution in [0.5, 0.6) is 0 Å². The number of hydrogen-bond acceptors (Lipinski definition) is 2. The van der Waals surface area contributed by atoms with Crippen molar-refractivity contribution in [3.63, 3.8) is 0 Å². The van der Waals surface area contributed by atoms with Crippen LogP contribution in [0.2, 0.25) is 0 Å². The molecule has 1 N–H and O–H groups in total. The van der Waals surface area contributed by atoms with Gasteiger partial charge in [-0.15, -0.1) is 0 Å². The Labute approximate surface area is 132 Å². The van der Waals surface area contributed by atoms with Crippen molar-refractivity contribution in [2.45, 2.75) is 44.9 Å². The van der Waals surface area contributed by atoms with Crippen LogP contribution in [0, 0.1) is 17.3 Å². The zero-order valence-corrected chi connectivity index (χ0v) is 13.4. The lowest BCUT2D eigenvalue weighted by molar-refractivity contribution is -0.132. The van der Waals surface area contributed by atoms with Crippen molar-refractivity contribution in [2.75, 3.05) is 32.7 Å². The van der Waals surface area contributed by atoms with Gasteiger partial charge in [0.2, 0.25) is 5.91 Å². The van der Waals surface area contributed by atoms with Gasteiger partial charge in [0.25, 0.3) is 0 Å². The minimum absolute atomic E-state index is 0.0765. The number of urea groups is 1. The fourth-order valence-electron chi connectivity index (χ4n) is 3.88. The third-order valence-corrected chi connectivity index (χ3v) is 5.95. The van der Waals surface area contributed by atoms with Gasteiger partial charge >= 0.3 is 6.03 Å². The fraction of sp³-hybridized carbons (Fsp3) is 0.882. The molecule has 3 aliphatic carbocycles. The molecule has 5 nitrogen and oxygen atoms in total. The van der Waals surface area contributed by atoms with E-state index in [0.29, 0.717) is 24.4 Å². The van der Waals surface area contributed by atoms with Crippen molar-refractivity contribution in [3.8, 4) is 0 Å². The topological polar surface area (TPSA) is 52.7 Å². The number of nitrogens with one attached hydrogen (secondary N) is 1. The van der Waals surface area contributed by atoms with Crippen molar-refractivity contribution in [1.82, 2.24) is 15.1 Å². The molecule has 1 heterocycles. The molecule has 4 aliphatic rings. The maximum absolute atomic E-state index is 12.4. The third kappa shape index (κ3) is 2.95. The molecule has 0 bridgehead atoms. The SMILES string of the molecule is O=C(NCC1(C2CC2)CC1)N1CCCN(C(=O)C2CC2)CC1. The summed E-state index contributed by atoms with van der Waals surface area (Å²) in [5.74, 6) is 1.48. The Balaban J connectivity index is 1.25. The molecule has 0 unspecified atom stereocenters. The molecule has 1 aliphatic heterocycles. The molecule has 122 valence electrons. The summed E-state index contributed by atoms with van der Waals surface area (Å²) in [7, 11) is 0. The van der Waals surface area contributed by atoms with Gasteiger partial charge in [0, 0.05) is 38.6 Å². The Morgan fingerprint density at radius 3 is 2.27 bits per heavy atom. The maximum atomic E-state index is 12.4. The highest BCUT2D eigenvalue weighted by molar-refractivity contribution is 5.81. The summed E-state index contributed by atoms with van der Waals surface area (Å²) < 4.78 is 0. The number of carbonyl (C=O) groups is 2. The molecule has 0 aromatic heterocycles. The minimum atomic E-state index is 0.0765. The molecular formula is C17H27N3O2. The lowest BCUT2D eigenvalue weighted by atomic mass is 10.0. The van der Waals surface area contributed by atoms with Crippen LogP contribution in [0.1, 0.15) is 44.9 Å². The van der Waals surface area contributed by atoms with Gasteiger partial charge in [0.1, 0.15) is 0 Å². The summed E-state index contributed by atoms with van der Waals surface area (Å²) in [6, 6.07) is 0.0765. The average molecular weight is 305 g/mol. The predicted octanol–water partition coefficient (Wildman–Crippen LogP) is 1.83. The van der Waals surface area contributed by atoms with Crippen molar-refractivity contribution in [3.05, 3.63) is 0 Å². The van der Waals surface area contributed by atoms with E-state index in [0.717, 1.165) is 44.8 Å². The van der Waals surface area contributed by atoms with E-state index in [1.54, 1.807) is 0 Å².